The number of ether oxygens (including phenoxy) is 1. The van der Waals surface area contributed by atoms with Crippen LogP contribution in [0.2, 0.25) is 0 Å². The summed E-state index contributed by atoms with van der Waals surface area (Å²) in [6.07, 6.45) is 3.65. The van der Waals surface area contributed by atoms with Gasteiger partial charge in [-0.1, -0.05) is 6.42 Å². The zero-order valence-electron chi connectivity index (χ0n) is 8.08. The van der Waals surface area contributed by atoms with E-state index in [1.165, 1.54) is 26.4 Å². The summed E-state index contributed by atoms with van der Waals surface area (Å²) in [5.74, 6) is 1.25. The van der Waals surface area contributed by atoms with Crippen molar-refractivity contribution in [2.75, 3.05) is 20.2 Å². The van der Waals surface area contributed by atoms with Gasteiger partial charge in [0.15, 0.2) is 0 Å². The van der Waals surface area contributed by atoms with Gasteiger partial charge in [0.25, 0.3) is 0 Å². The first-order chi connectivity index (χ1) is 6.33. The SMILES string of the molecule is COC(=O)C1[C@@H]2CCC[C@H]1CNC2. The second-order valence-electron chi connectivity index (χ2n) is 4.16. The van der Waals surface area contributed by atoms with Gasteiger partial charge in [-0.15, -0.1) is 0 Å². The van der Waals surface area contributed by atoms with Gasteiger partial charge in [0.05, 0.1) is 13.0 Å². The molecule has 1 N–H and O–H groups in total. The summed E-state index contributed by atoms with van der Waals surface area (Å²) in [4.78, 5) is 11.5. The quantitative estimate of drug-likeness (QED) is 0.611. The van der Waals surface area contributed by atoms with Gasteiger partial charge >= 0.3 is 5.97 Å². The number of fused-ring (bicyclic) bond motifs is 2. The first kappa shape index (κ1) is 9.00. The van der Waals surface area contributed by atoms with E-state index in [0.29, 0.717) is 11.8 Å². The van der Waals surface area contributed by atoms with Crippen LogP contribution in [-0.2, 0) is 9.53 Å². The second kappa shape index (κ2) is 3.66. The molecule has 2 fully saturated rings. The zero-order chi connectivity index (χ0) is 9.26. The van der Waals surface area contributed by atoms with Gasteiger partial charge < -0.3 is 10.1 Å². The second-order valence-corrected chi connectivity index (χ2v) is 4.16. The molecule has 3 nitrogen and oxygen atoms in total. The van der Waals surface area contributed by atoms with Crippen LogP contribution >= 0.6 is 0 Å². The van der Waals surface area contributed by atoms with Gasteiger partial charge in [-0.25, -0.2) is 0 Å². The van der Waals surface area contributed by atoms with E-state index in [2.05, 4.69) is 5.32 Å². The third-order valence-corrected chi connectivity index (χ3v) is 3.45. The minimum Gasteiger partial charge on any atom is -0.469 e. The third-order valence-electron chi connectivity index (χ3n) is 3.45. The van der Waals surface area contributed by atoms with E-state index in [1.54, 1.807) is 0 Å². The van der Waals surface area contributed by atoms with Crippen molar-refractivity contribution in [2.45, 2.75) is 19.3 Å². The average Bonchev–Trinajstić information content (AvgIpc) is 2.15. The Hall–Kier alpha value is -0.570. The molecule has 2 rings (SSSR count). The summed E-state index contributed by atoms with van der Waals surface area (Å²) >= 11 is 0. The van der Waals surface area contributed by atoms with Gasteiger partial charge in [0, 0.05) is 0 Å². The van der Waals surface area contributed by atoms with Crippen LogP contribution in [0.15, 0.2) is 0 Å². The van der Waals surface area contributed by atoms with Crippen LogP contribution in [0, 0.1) is 17.8 Å². The van der Waals surface area contributed by atoms with Crippen LogP contribution in [0.25, 0.3) is 0 Å². The molecule has 1 heterocycles. The molecule has 0 aromatic heterocycles. The molecule has 0 spiro atoms. The lowest BCUT2D eigenvalue weighted by Crippen LogP contribution is -2.49. The number of piperidine rings is 1. The number of methoxy groups -OCH3 is 1. The fraction of sp³-hybridized carbons (Fsp3) is 0.900. The number of nitrogens with one attached hydrogen (secondary N) is 1. The number of esters is 1. The monoisotopic (exact) mass is 183 g/mol. The Morgan fingerprint density at radius 2 is 1.92 bits per heavy atom. The van der Waals surface area contributed by atoms with Crippen LogP contribution in [0.5, 0.6) is 0 Å². The van der Waals surface area contributed by atoms with E-state index >= 15 is 0 Å². The number of rotatable bonds is 1. The summed E-state index contributed by atoms with van der Waals surface area (Å²) in [7, 11) is 1.50. The number of carbonyl (C=O) groups excluding carboxylic acids is 1. The van der Waals surface area contributed by atoms with E-state index in [9.17, 15) is 4.79 Å². The molecule has 0 radical (unpaired) electrons. The Balaban J connectivity index is 2.10. The van der Waals surface area contributed by atoms with E-state index in [4.69, 9.17) is 4.74 Å². The third kappa shape index (κ3) is 1.57. The molecule has 2 bridgehead atoms. The van der Waals surface area contributed by atoms with E-state index < -0.39 is 0 Å². The molecular formula is C10H17NO2. The maximum atomic E-state index is 11.5. The first-order valence-electron chi connectivity index (χ1n) is 5.11. The molecule has 0 aromatic carbocycles. The van der Waals surface area contributed by atoms with Crippen LogP contribution in [0.3, 0.4) is 0 Å². The summed E-state index contributed by atoms with van der Waals surface area (Å²) in [6, 6.07) is 0. The van der Waals surface area contributed by atoms with Gasteiger partial charge in [-0.2, -0.15) is 0 Å². The Kier molecular flexibility index (Phi) is 2.54. The minimum atomic E-state index is 0.0104. The predicted molar refractivity (Wildman–Crippen MR) is 49.2 cm³/mol. The largest absolute Gasteiger partial charge is 0.469 e. The highest BCUT2D eigenvalue weighted by Gasteiger charge is 2.41. The molecule has 1 unspecified atom stereocenters. The van der Waals surface area contributed by atoms with Crippen molar-refractivity contribution in [1.82, 2.24) is 5.32 Å². The predicted octanol–water partition coefficient (Wildman–Crippen LogP) is 0.795. The molecule has 1 saturated carbocycles. The van der Waals surface area contributed by atoms with Crippen molar-refractivity contribution in [2.24, 2.45) is 17.8 Å². The molecule has 0 aromatic rings. The molecule has 1 saturated heterocycles. The van der Waals surface area contributed by atoms with Gasteiger partial charge in [0.2, 0.25) is 0 Å². The van der Waals surface area contributed by atoms with E-state index in [-0.39, 0.29) is 11.9 Å². The zero-order valence-corrected chi connectivity index (χ0v) is 8.08. The number of hydrogen-bond donors (Lipinski definition) is 1. The van der Waals surface area contributed by atoms with Crippen LogP contribution < -0.4 is 5.32 Å². The Morgan fingerprint density at radius 1 is 1.31 bits per heavy atom. The maximum absolute atomic E-state index is 11.5. The lowest BCUT2D eigenvalue weighted by atomic mass is 9.69. The standard InChI is InChI=1S/C10H17NO2/c1-13-10(12)9-7-3-2-4-8(9)6-11-5-7/h7-9,11H,2-6H2,1H3/t7-,8+,9?. The molecule has 2 aliphatic rings. The summed E-state index contributed by atoms with van der Waals surface area (Å²) in [5, 5.41) is 3.39. The highest BCUT2D eigenvalue weighted by Crippen LogP contribution is 2.37. The normalized spacial score (nSPS) is 38.4. The fourth-order valence-electron chi connectivity index (χ4n) is 2.82. The van der Waals surface area contributed by atoms with Gasteiger partial charge in [-0.05, 0) is 37.8 Å². The highest BCUT2D eigenvalue weighted by atomic mass is 16.5. The van der Waals surface area contributed by atoms with Crippen LogP contribution in [0.1, 0.15) is 19.3 Å². The maximum Gasteiger partial charge on any atom is 0.309 e. The fourth-order valence-corrected chi connectivity index (χ4v) is 2.82. The first-order valence-corrected chi connectivity index (χ1v) is 5.11. The molecule has 3 heteroatoms. The average molecular weight is 183 g/mol. The smallest absolute Gasteiger partial charge is 0.309 e. The number of carbonyl (C=O) groups is 1. The van der Waals surface area contributed by atoms with Crippen molar-refractivity contribution < 1.29 is 9.53 Å². The van der Waals surface area contributed by atoms with Crippen molar-refractivity contribution in [3.8, 4) is 0 Å². The van der Waals surface area contributed by atoms with Crippen LogP contribution in [-0.4, -0.2) is 26.2 Å². The lowest BCUT2D eigenvalue weighted by Gasteiger charge is -2.41. The Bertz CT molecular complexity index is 183. The van der Waals surface area contributed by atoms with E-state index in [1.807, 2.05) is 0 Å². The van der Waals surface area contributed by atoms with Crippen molar-refractivity contribution in [3.05, 3.63) is 0 Å². The van der Waals surface area contributed by atoms with Gasteiger partial charge in [-0.3, -0.25) is 4.79 Å². The molecule has 0 amide bonds. The molecule has 13 heavy (non-hydrogen) atoms. The van der Waals surface area contributed by atoms with Crippen LogP contribution in [0.4, 0.5) is 0 Å². The van der Waals surface area contributed by atoms with Crippen molar-refractivity contribution >= 4 is 5.97 Å². The van der Waals surface area contributed by atoms with Crippen molar-refractivity contribution in [3.63, 3.8) is 0 Å². The van der Waals surface area contributed by atoms with Crippen molar-refractivity contribution in [1.29, 1.82) is 0 Å². The minimum absolute atomic E-state index is 0.0104. The summed E-state index contributed by atoms with van der Waals surface area (Å²) < 4.78 is 4.86. The lowest BCUT2D eigenvalue weighted by molar-refractivity contribution is -0.152. The summed E-state index contributed by atoms with van der Waals surface area (Å²) in [5.41, 5.74) is 0. The summed E-state index contributed by atoms with van der Waals surface area (Å²) in [6.45, 7) is 1.99. The Labute approximate surface area is 78.8 Å². The molecule has 3 atom stereocenters. The van der Waals surface area contributed by atoms with E-state index in [0.717, 1.165) is 13.1 Å². The molecule has 74 valence electrons. The highest BCUT2D eigenvalue weighted by molar-refractivity contribution is 5.73. The number of hydrogen-bond acceptors (Lipinski definition) is 3. The van der Waals surface area contributed by atoms with Gasteiger partial charge in [0.1, 0.15) is 0 Å². The molecular weight excluding hydrogens is 166 g/mol. The molecule has 1 aliphatic carbocycles. The molecule has 1 aliphatic heterocycles. The Morgan fingerprint density at radius 3 is 2.46 bits per heavy atom. The topological polar surface area (TPSA) is 38.3 Å².